The fraction of sp³-hybridized carbons (Fsp3) is 0.500. The van der Waals surface area contributed by atoms with Gasteiger partial charge in [0.25, 0.3) is 0 Å². The van der Waals surface area contributed by atoms with Crippen LogP contribution in [0.3, 0.4) is 0 Å². The van der Waals surface area contributed by atoms with Gasteiger partial charge in [-0.2, -0.15) is 5.10 Å². The van der Waals surface area contributed by atoms with E-state index < -0.39 is 0 Å². The topological polar surface area (TPSA) is 52.0 Å². The minimum absolute atomic E-state index is 0.220. The number of ether oxygens (including phenoxy) is 1. The highest BCUT2D eigenvalue weighted by molar-refractivity contribution is 5.29. The molecule has 1 aromatic heterocycles. The van der Waals surface area contributed by atoms with Crippen LogP contribution in [0.5, 0.6) is 5.75 Å². The zero-order valence-electron chi connectivity index (χ0n) is 13.0. The Labute approximate surface area is 126 Å². The van der Waals surface area contributed by atoms with Gasteiger partial charge in [-0.05, 0) is 31.2 Å². The van der Waals surface area contributed by atoms with Crippen molar-refractivity contribution in [2.75, 3.05) is 13.7 Å². The lowest BCUT2D eigenvalue weighted by Crippen LogP contribution is -2.20. The van der Waals surface area contributed by atoms with E-state index in [0.29, 0.717) is 0 Å². The Morgan fingerprint density at radius 1 is 1.29 bits per heavy atom. The lowest BCUT2D eigenvalue weighted by Gasteiger charge is -2.16. The van der Waals surface area contributed by atoms with E-state index in [9.17, 15) is 0 Å². The average Bonchev–Trinajstić information content (AvgIpc) is 2.91. The average molecular weight is 288 g/mol. The first kappa shape index (κ1) is 15.5. The van der Waals surface area contributed by atoms with Gasteiger partial charge < -0.3 is 10.1 Å². The van der Waals surface area contributed by atoms with Crippen molar-refractivity contribution in [1.82, 2.24) is 20.1 Å². The van der Waals surface area contributed by atoms with E-state index in [1.165, 1.54) is 5.56 Å². The van der Waals surface area contributed by atoms with Gasteiger partial charge in [-0.15, -0.1) is 0 Å². The molecule has 2 aromatic rings. The van der Waals surface area contributed by atoms with Crippen LogP contribution in [0.15, 0.2) is 30.6 Å². The van der Waals surface area contributed by atoms with E-state index in [1.54, 1.807) is 6.33 Å². The van der Waals surface area contributed by atoms with E-state index in [0.717, 1.165) is 37.4 Å². The summed E-state index contributed by atoms with van der Waals surface area (Å²) in [6.45, 7) is 2.95. The predicted octanol–water partition coefficient (Wildman–Crippen LogP) is 2.50. The van der Waals surface area contributed by atoms with Crippen LogP contribution in [0.4, 0.5) is 0 Å². The normalized spacial score (nSPS) is 12.3. The van der Waals surface area contributed by atoms with Crippen molar-refractivity contribution < 1.29 is 4.74 Å². The van der Waals surface area contributed by atoms with Crippen LogP contribution in [0.2, 0.25) is 0 Å². The van der Waals surface area contributed by atoms with Crippen molar-refractivity contribution in [2.24, 2.45) is 7.05 Å². The minimum atomic E-state index is 0.220. The van der Waals surface area contributed by atoms with E-state index in [2.05, 4.69) is 34.5 Å². The summed E-state index contributed by atoms with van der Waals surface area (Å²) in [5.41, 5.74) is 1.23. The number of nitrogens with zero attached hydrogens (tertiary/aromatic N) is 3. The van der Waals surface area contributed by atoms with E-state index in [1.807, 2.05) is 30.9 Å². The summed E-state index contributed by atoms with van der Waals surface area (Å²) in [6.07, 6.45) is 4.64. The molecule has 0 saturated carbocycles. The number of nitrogens with one attached hydrogen (secondary N) is 1. The quantitative estimate of drug-likeness (QED) is 0.758. The summed E-state index contributed by atoms with van der Waals surface area (Å²) in [7, 11) is 3.88. The Morgan fingerprint density at radius 2 is 2.05 bits per heavy atom. The zero-order valence-corrected chi connectivity index (χ0v) is 13.0. The molecule has 0 aliphatic carbocycles. The van der Waals surface area contributed by atoms with Gasteiger partial charge in [0.2, 0.25) is 0 Å². The summed E-state index contributed by atoms with van der Waals surface area (Å²) >= 11 is 0. The molecule has 1 N–H and O–H groups in total. The maximum Gasteiger partial charge on any atom is 0.138 e. The molecule has 1 atom stereocenters. The van der Waals surface area contributed by atoms with Crippen molar-refractivity contribution >= 4 is 0 Å². The fourth-order valence-electron chi connectivity index (χ4n) is 2.20. The third-order valence-electron chi connectivity index (χ3n) is 3.59. The number of hydrogen-bond donors (Lipinski definition) is 1. The highest BCUT2D eigenvalue weighted by Gasteiger charge is 2.13. The van der Waals surface area contributed by atoms with Crippen LogP contribution in [-0.2, 0) is 13.5 Å². The number of benzene rings is 1. The van der Waals surface area contributed by atoms with Gasteiger partial charge in [0.05, 0.1) is 6.61 Å². The van der Waals surface area contributed by atoms with Crippen LogP contribution in [0.1, 0.15) is 37.2 Å². The molecule has 114 valence electrons. The molecule has 21 heavy (non-hydrogen) atoms. The number of hydrogen-bond acceptors (Lipinski definition) is 4. The van der Waals surface area contributed by atoms with Gasteiger partial charge in [-0.3, -0.25) is 4.68 Å². The smallest absolute Gasteiger partial charge is 0.138 e. The Morgan fingerprint density at radius 3 is 2.62 bits per heavy atom. The number of rotatable bonds is 8. The van der Waals surface area contributed by atoms with E-state index >= 15 is 0 Å². The standard InChI is InChI=1S/C16H24N4O/c1-4-5-10-21-14-8-6-13(7-9-14)15(17-2)11-16-18-12-19-20(16)3/h6-9,12,15,17H,4-5,10-11H2,1-3H3. The first-order chi connectivity index (χ1) is 10.2. The minimum Gasteiger partial charge on any atom is -0.494 e. The van der Waals surface area contributed by atoms with Gasteiger partial charge in [0.1, 0.15) is 17.9 Å². The third-order valence-corrected chi connectivity index (χ3v) is 3.59. The van der Waals surface area contributed by atoms with Gasteiger partial charge in [0, 0.05) is 19.5 Å². The first-order valence-electron chi connectivity index (χ1n) is 7.47. The summed E-state index contributed by atoms with van der Waals surface area (Å²) in [6, 6.07) is 8.51. The summed E-state index contributed by atoms with van der Waals surface area (Å²) in [5, 5.41) is 7.45. The summed E-state index contributed by atoms with van der Waals surface area (Å²) in [4.78, 5) is 4.28. The number of aryl methyl sites for hydroxylation is 1. The zero-order chi connectivity index (χ0) is 15.1. The fourth-order valence-corrected chi connectivity index (χ4v) is 2.20. The first-order valence-corrected chi connectivity index (χ1v) is 7.47. The molecule has 1 unspecified atom stereocenters. The largest absolute Gasteiger partial charge is 0.494 e. The predicted molar refractivity (Wildman–Crippen MR) is 83.4 cm³/mol. The molecule has 0 aliphatic heterocycles. The lowest BCUT2D eigenvalue weighted by atomic mass is 10.0. The van der Waals surface area contributed by atoms with Crippen molar-refractivity contribution in [3.63, 3.8) is 0 Å². The van der Waals surface area contributed by atoms with Crippen molar-refractivity contribution in [2.45, 2.75) is 32.2 Å². The van der Waals surface area contributed by atoms with Crippen molar-refractivity contribution in [1.29, 1.82) is 0 Å². The Bertz CT molecular complexity index is 535. The highest BCUT2D eigenvalue weighted by Crippen LogP contribution is 2.20. The van der Waals surface area contributed by atoms with Gasteiger partial charge >= 0.3 is 0 Å². The molecule has 1 aromatic carbocycles. The molecule has 0 amide bonds. The summed E-state index contributed by atoms with van der Waals surface area (Å²) in [5.74, 6) is 1.90. The summed E-state index contributed by atoms with van der Waals surface area (Å²) < 4.78 is 7.50. The van der Waals surface area contributed by atoms with Crippen LogP contribution in [-0.4, -0.2) is 28.4 Å². The second-order valence-corrected chi connectivity index (χ2v) is 5.12. The van der Waals surface area contributed by atoms with Crippen molar-refractivity contribution in [3.8, 4) is 5.75 Å². The molecule has 0 fully saturated rings. The second-order valence-electron chi connectivity index (χ2n) is 5.12. The second kappa shape index (κ2) is 7.78. The Kier molecular flexibility index (Phi) is 5.75. The molecule has 5 heteroatoms. The molecule has 5 nitrogen and oxygen atoms in total. The van der Waals surface area contributed by atoms with Crippen LogP contribution in [0, 0.1) is 0 Å². The maximum atomic E-state index is 5.69. The molecule has 0 bridgehead atoms. The Hall–Kier alpha value is -1.88. The van der Waals surface area contributed by atoms with E-state index in [-0.39, 0.29) is 6.04 Å². The Balaban J connectivity index is 2.00. The van der Waals surface area contributed by atoms with Gasteiger partial charge in [-0.25, -0.2) is 4.98 Å². The van der Waals surface area contributed by atoms with Crippen LogP contribution < -0.4 is 10.1 Å². The van der Waals surface area contributed by atoms with Crippen molar-refractivity contribution in [3.05, 3.63) is 42.0 Å². The molecular weight excluding hydrogens is 264 g/mol. The lowest BCUT2D eigenvalue weighted by molar-refractivity contribution is 0.309. The molecule has 0 spiro atoms. The monoisotopic (exact) mass is 288 g/mol. The molecule has 0 saturated heterocycles. The van der Waals surface area contributed by atoms with E-state index in [4.69, 9.17) is 4.74 Å². The molecule has 0 radical (unpaired) electrons. The van der Waals surface area contributed by atoms with Gasteiger partial charge in [-0.1, -0.05) is 25.5 Å². The number of unbranched alkanes of at least 4 members (excludes halogenated alkanes) is 1. The SMILES string of the molecule is CCCCOc1ccc(C(Cc2ncnn2C)NC)cc1. The molecule has 0 aliphatic rings. The maximum absolute atomic E-state index is 5.69. The molecular formula is C16H24N4O. The number of likely N-dealkylation sites (N-methyl/N-ethyl adjacent to an activating group) is 1. The molecule has 1 heterocycles. The molecule has 2 rings (SSSR count). The van der Waals surface area contributed by atoms with Crippen LogP contribution in [0.25, 0.3) is 0 Å². The third kappa shape index (κ3) is 4.29. The van der Waals surface area contributed by atoms with Crippen LogP contribution >= 0.6 is 0 Å². The highest BCUT2D eigenvalue weighted by atomic mass is 16.5. The number of aromatic nitrogens is 3. The van der Waals surface area contributed by atoms with Gasteiger partial charge in [0.15, 0.2) is 0 Å².